The molecule has 2 N–H and O–H groups in total. The van der Waals surface area contributed by atoms with E-state index in [4.69, 9.17) is 5.73 Å². The van der Waals surface area contributed by atoms with Crippen LogP contribution >= 0.6 is 0 Å². The molecular weight excluding hydrogens is 234 g/mol. The van der Waals surface area contributed by atoms with Crippen LogP contribution in [0.5, 0.6) is 0 Å². The highest BCUT2D eigenvalue weighted by molar-refractivity contribution is 5.40. The van der Waals surface area contributed by atoms with E-state index < -0.39 is 0 Å². The van der Waals surface area contributed by atoms with E-state index in [0.717, 1.165) is 5.69 Å². The lowest BCUT2D eigenvalue weighted by Crippen LogP contribution is -2.30. The number of rotatable bonds is 4. The van der Waals surface area contributed by atoms with Crippen LogP contribution in [0.15, 0.2) is 24.3 Å². The number of nitrogen functional groups attached to an aromatic ring is 1. The highest BCUT2D eigenvalue weighted by Crippen LogP contribution is 2.20. The maximum atomic E-state index is 5.74. The molecule has 1 aromatic rings. The smallest absolute Gasteiger partial charge is 0.0314 e. The van der Waals surface area contributed by atoms with Crippen molar-refractivity contribution in [1.82, 2.24) is 9.80 Å². The minimum atomic E-state index is 0.613. The zero-order chi connectivity index (χ0) is 13.7. The van der Waals surface area contributed by atoms with Crippen molar-refractivity contribution in [2.45, 2.75) is 25.7 Å². The fourth-order valence-electron chi connectivity index (χ4n) is 2.69. The van der Waals surface area contributed by atoms with Crippen molar-refractivity contribution in [1.29, 1.82) is 0 Å². The van der Waals surface area contributed by atoms with Gasteiger partial charge in [-0.05, 0) is 63.1 Å². The van der Waals surface area contributed by atoms with E-state index in [9.17, 15) is 0 Å². The molecule has 0 spiro atoms. The lowest BCUT2D eigenvalue weighted by Gasteiger charge is -2.22. The fourth-order valence-corrected chi connectivity index (χ4v) is 2.69. The Labute approximate surface area is 117 Å². The molecule has 1 saturated heterocycles. The van der Waals surface area contributed by atoms with E-state index in [0.29, 0.717) is 5.92 Å². The van der Waals surface area contributed by atoms with Crippen molar-refractivity contribution in [3.05, 3.63) is 29.8 Å². The molecule has 0 aromatic heterocycles. The molecule has 1 aliphatic heterocycles. The Bertz CT molecular complexity index is 374. The summed E-state index contributed by atoms with van der Waals surface area (Å²) >= 11 is 0. The number of benzene rings is 1. The molecule has 1 aliphatic rings. The van der Waals surface area contributed by atoms with Crippen molar-refractivity contribution in [3.63, 3.8) is 0 Å². The first-order valence-electron chi connectivity index (χ1n) is 7.41. The van der Waals surface area contributed by atoms with Crippen LogP contribution in [0.2, 0.25) is 0 Å². The maximum absolute atomic E-state index is 5.74. The number of hydrogen-bond acceptors (Lipinski definition) is 3. The van der Waals surface area contributed by atoms with Crippen LogP contribution in [0.25, 0.3) is 0 Å². The number of nitrogens with zero attached hydrogens (tertiary/aromatic N) is 2. The summed E-state index contributed by atoms with van der Waals surface area (Å²) in [7, 11) is 2.22. The van der Waals surface area contributed by atoms with E-state index >= 15 is 0 Å². The predicted octanol–water partition coefficient (Wildman–Crippen LogP) is 2.40. The van der Waals surface area contributed by atoms with Gasteiger partial charge in [-0.3, -0.25) is 0 Å². The second kappa shape index (κ2) is 6.92. The molecule has 0 bridgehead atoms. The van der Waals surface area contributed by atoms with Gasteiger partial charge in [0.25, 0.3) is 0 Å². The van der Waals surface area contributed by atoms with Gasteiger partial charge in [-0.2, -0.15) is 0 Å². The predicted molar refractivity (Wildman–Crippen MR) is 82.4 cm³/mol. The highest BCUT2D eigenvalue weighted by atomic mass is 15.2. The molecule has 3 nitrogen and oxygen atoms in total. The Morgan fingerprint density at radius 1 is 1.11 bits per heavy atom. The molecule has 0 aliphatic carbocycles. The largest absolute Gasteiger partial charge is 0.399 e. The maximum Gasteiger partial charge on any atom is 0.0314 e. The molecule has 1 aromatic carbocycles. The second-order valence-electron chi connectivity index (χ2n) is 5.85. The van der Waals surface area contributed by atoms with Gasteiger partial charge in [0.05, 0.1) is 0 Å². The zero-order valence-corrected chi connectivity index (χ0v) is 12.3. The van der Waals surface area contributed by atoms with E-state index in [1.54, 1.807) is 0 Å². The molecule has 0 saturated carbocycles. The first-order chi connectivity index (χ1) is 9.15. The Morgan fingerprint density at radius 2 is 1.84 bits per heavy atom. The Morgan fingerprint density at radius 3 is 2.58 bits per heavy atom. The van der Waals surface area contributed by atoms with Gasteiger partial charge in [0.15, 0.2) is 0 Å². The summed E-state index contributed by atoms with van der Waals surface area (Å²) < 4.78 is 0. The molecule has 1 fully saturated rings. The lowest BCUT2D eigenvalue weighted by atomic mass is 9.97. The van der Waals surface area contributed by atoms with Gasteiger partial charge >= 0.3 is 0 Å². The van der Waals surface area contributed by atoms with Gasteiger partial charge in [0.2, 0.25) is 0 Å². The summed E-state index contributed by atoms with van der Waals surface area (Å²) in [5, 5.41) is 0. The topological polar surface area (TPSA) is 32.5 Å². The second-order valence-corrected chi connectivity index (χ2v) is 5.85. The van der Waals surface area contributed by atoms with Crippen LogP contribution in [0.3, 0.4) is 0 Å². The zero-order valence-electron chi connectivity index (χ0n) is 12.3. The molecule has 1 heterocycles. The highest BCUT2D eigenvalue weighted by Gasteiger charge is 2.13. The monoisotopic (exact) mass is 261 g/mol. The minimum absolute atomic E-state index is 0.613. The number of hydrogen-bond donors (Lipinski definition) is 1. The van der Waals surface area contributed by atoms with Crippen LogP contribution in [-0.2, 0) is 0 Å². The van der Waals surface area contributed by atoms with E-state index in [-0.39, 0.29) is 0 Å². The summed E-state index contributed by atoms with van der Waals surface area (Å²) in [6, 6.07) is 8.34. The average Bonchev–Trinajstić information content (AvgIpc) is 2.61. The molecular formula is C16H27N3. The lowest BCUT2D eigenvalue weighted by molar-refractivity contribution is 0.268. The first kappa shape index (κ1) is 14.4. The van der Waals surface area contributed by atoms with Gasteiger partial charge in [0.1, 0.15) is 0 Å². The van der Waals surface area contributed by atoms with Crippen LogP contribution in [0.1, 0.15) is 31.2 Å². The van der Waals surface area contributed by atoms with Crippen molar-refractivity contribution >= 4 is 5.69 Å². The van der Waals surface area contributed by atoms with Crippen molar-refractivity contribution in [3.8, 4) is 0 Å². The van der Waals surface area contributed by atoms with Crippen molar-refractivity contribution in [2.75, 3.05) is 45.5 Å². The summed E-state index contributed by atoms with van der Waals surface area (Å²) in [6.45, 7) is 8.43. The molecule has 0 radical (unpaired) electrons. The third kappa shape index (κ3) is 4.51. The summed E-state index contributed by atoms with van der Waals surface area (Å²) in [6.07, 6.45) is 2.53. The number of anilines is 1. The van der Waals surface area contributed by atoms with Crippen molar-refractivity contribution < 1.29 is 0 Å². The summed E-state index contributed by atoms with van der Waals surface area (Å²) in [5.41, 5.74) is 7.99. The Kier molecular flexibility index (Phi) is 5.23. The fraction of sp³-hybridized carbons (Fsp3) is 0.625. The number of likely N-dealkylation sites (N-methyl/N-ethyl adjacent to an activating group) is 1. The van der Waals surface area contributed by atoms with Gasteiger partial charge in [-0.15, -0.1) is 0 Å². The molecule has 3 heteroatoms. The molecule has 1 atom stereocenters. The van der Waals surface area contributed by atoms with Crippen LogP contribution in [-0.4, -0.2) is 49.6 Å². The normalized spacial score (nSPS) is 20.1. The standard InChI is InChI=1S/C16H27N3/c1-14(15-4-6-16(17)7-5-15)8-11-19-10-3-9-18(2)12-13-19/h4-7,14H,3,8-13,17H2,1-2H3. The SMILES string of the molecule is CC(CCN1CCCN(C)CC1)c1ccc(N)cc1. The molecule has 1 unspecified atom stereocenters. The van der Waals surface area contributed by atoms with E-state index in [2.05, 4.69) is 35.9 Å². The minimum Gasteiger partial charge on any atom is -0.399 e. The Balaban J connectivity index is 1.79. The van der Waals surface area contributed by atoms with Gasteiger partial charge in [-0.25, -0.2) is 0 Å². The van der Waals surface area contributed by atoms with Crippen molar-refractivity contribution in [2.24, 2.45) is 0 Å². The van der Waals surface area contributed by atoms with Gasteiger partial charge in [0, 0.05) is 18.8 Å². The third-order valence-corrected chi connectivity index (χ3v) is 4.20. The first-order valence-corrected chi connectivity index (χ1v) is 7.41. The number of nitrogens with two attached hydrogens (primary N) is 1. The Hall–Kier alpha value is -1.06. The summed E-state index contributed by atoms with van der Waals surface area (Å²) in [4.78, 5) is 5.04. The van der Waals surface area contributed by atoms with Crippen LogP contribution in [0, 0.1) is 0 Å². The average molecular weight is 261 g/mol. The summed E-state index contributed by atoms with van der Waals surface area (Å²) in [5.74, 6) is 0.613. The molecule has 106 valence electrons. The van der Waals surface area contributed by atoms with Gasteiger partial charge in [-0.1, -0.05) is 19.1 Å². The molecule has 2 rings (SSSR count). The quantitative estimate of drug-likeness (QED) is 0.845. The van der Waals surface area contributed by atoms with Crippen LogP contribution in [0.4, 0.5) is 5.69 Å². The van der Waals surface area contributed by atoms with E-state index in [1.807, 2.05) is 12.1 Å². The third-order valence-electron chi connectivity index (χ3n) is 4.20. The van der Waals surface area contributed by atoms with E-state index in [1.165, 1.54) is 51.1 Å². The van der Waals surface area contributed by atoms with Crippen LogP contribution < -0.4 is 5.73 Å². The van der Waals surface area contributed by atoms with Gasteiger partial charge < -0.3 is 15.5 Å². The molecule has 19 heavy (non-hydrogen) atoms. The molecule has 0 amide bonds.